The molecule has 0 aliphatic rings. The molecule has 0 saturated heterocycles. The van der Waals surface area contributed by atoms with Gasteiger partial charge in [0.2, 0.25) is 5.91 Å². The normalized spacial score (nSPS) is 12.8. The Kier molecular flexibility index (Phi) is 5.63. The van der Waals surface area contributed by atoms with Crippen molar-refractivity contribution in [2.24, 2.45) is 5.92 Å². The van der Waals surface area contributed by atoms with Gasteiger partial charge in [-0.05, 0) is 19.8 Å². The SMILES string of the molecule is Cc1csc2nc(CSCC(=O)NC(C)C(C)C)cc(=O)n12. The van der Waals surface area contributed by atoms with Crippen LogP contribution in [0.4, 0.5) is 0 Å². The van der Waals surface area contributed by atoms with Gasteiger partial charge in [-0.1, -0.05) is 13.8 Å². The van der Waals surface area contributed by atoms with E-state index in [0.717, 1.165) is 11.4 Å². The van der Waals surface area contributed by atoms with Gasteiger partial charge in [-0.2, -0.15) is 0 Å². The standard InChI is InChI=1S/C15H21N3O2S2/c1-9(2)11(4)16-13(19)8-21-7-12-5-14(20)18-10(3)6-22-15(18)17-12/h5-6,9,11H,7-8H2,1-4H3,(H,16,19). The smallest absolute Gasteiger partial charge is 0.258 e. The first-order valence-electron chi connectivity index (χ1n) is 7.22. The van der Waals surface area contributed by atoms with Gasteiger partial charge in [0.1, 0.15) is 0 Å². The highest BCUT2D eigenvalue weighted by atomic mass is 32.2. The molecule has 5 nitrogen and oxygen atoms in total. The maximum absolute atomic E-state index is 12.0. The molecule has 2 aromatic heterocycles. The van der Waals surface area contributed by atoms with Gasteiger partial charge >= 0.3 is 0 Å². The Balaban J connectivity index is 1.92. The topological polar surface area (TPSA) is 63.5 Å². The predicted octanol–water partition coefficient (Wildman–Crippen LogP) is 2.46. The monoisotopic (exact) mass is 339 g/mol. The minimum atomic E-state index is -0.0581. The fourth-order valence-corrected chi connectivity index (χ4v) is 3.50. The van der Waals surface area contributed by atoms with E-state index in [-0.39, 0.29) is 17.5 Å². The van der Waals surface area contributed by atoms with Crippen LogP contribution in [0, 0.1) is 12.8 Å². The van der Waals surface area contributed by atoms with E-state index in [4.69, 9.17) is 0 Å². The molecule has 2 heterocycles. The van der Waals surface area contributed by atoms with Crippen molar-refractivity contribution in [3.8, 4) is 0 Å². The molecule has 1 amide bonds. The molecule has 0 aliphatic carbocycles. The molecule has 0 bridgehead atoms. The van der Waals surface area contributed by atoms with Crippen LogP contribution in [-0.4, -0.2) is 27.1 Å². The number of hydrogen-bond donors (Lipinski definition) is 1. The fraction of sp³-hybridized carbons (Fsp3) is 0.533. The largest absolute Gasteiger partial charge is 0.353 e. The van der Waals surface area contributed by atoms with Crippen molar-refractivity contribution in [2.75, 3.05) is 5.75 Å². The Morgan fingerprint density at radius 1 is 1.45 bits per heavy atom. The van der Waals surface area contributed by atoms with E-state index in [0.29, 0.717) is 22.4 Å². The van der Waals surface area contributed by atoms with Crippen LogP contribution in [0.5, 0.6) is 0 Å². The molecule has 0 saturated carbocycles. The average molecular weight is 339 g/mol. The molecule has 0 aliphatic heterocycles. The number of thioether (sulfide) groups is 1. The number of hydrogen-bond acceptors (Lipinski definition) is 5. The summed E-state index contributed by atoms with van der Waals surface area (Å²) in [5.41, 5.74) is 1.57. The lowest BCUT2D eigenvalue weighted by molar-refractivity contribution is -0.119. The summed E-state index contributed by atoms with van der Waals surface area (Å²) >= 11 is 2.93. The molecule has 1 unspecified atom stereocenters. The van der Waals surface area contributed by atoms with Crippen LogP contribution in [0.3, 0.4) is 0 Å². The summed E-state index contributed by atoms with van der Waals surface area (Å²) in [6, 6.07) is 1.72. The third-order valence-corrected chi connectivity index (χ3v) is 5.41. The second-order valence-electron chi connectivity index (χ2n) is 5.67. The van der Waals surface area contributed by atoms with E-state index in [1.807, 2.05) is 19.2 Å². The summed E-state index contributed by atoms with van der Waals surface area (Å²) < 4.78 is 1.61. The van der Waals surface area contributed by atoms with E-state index in [1.165, 1.54) is 23.1 Å². The van der Waals surface area contributed by atoms with E-state index < -0.39 is 0 Å². The van der Waals surface area contributed by atoms with Crippen molar-refractivity contribution >= 4 is 34.0 Å². The van der Waals surface area contributed by atoms with Crippen LogP contribution in [0.15, 0.2) is 16.2 Å². The molecule has 0 fully saturated rings. The number of nitrogens with zero attached hydrogens (tertiary/aromatic N) is 2. The molecule has 0 spiro atoms. The molecule has 2 rings (SSSR count). The lowest BCUT2D eigenvalue weighted by Crippen LogP contribution is -2.37. The molecule has 22 heavy (non-hydrogen) atoms. The highest BCUT2D eigenvalue weighted by molar-refractivity contribution is 7.99. The van der Waals surface area contributed by atoms with Gasteiger partial charge < -0.3 is 5.32 Å². The first-order chi connectivity index (χ1) is 10.4. The van der Waals surface area contributed by atoms with Crippen LogP contribution < -0.4 is 10.9 Å². The minimum Gasteiger partial charge on any atom is -0.353 e. The van der Waals surface area contributed by atoms with Crippen LogP contribution in [0.2, 0.25) is 0 Å². The highest BCUT2D eigenvalue weighted by Crippen LogP contribution is 2.14. The van der Waals surface area contributed by atoms with Crippen LogP contribution >= 0.6 is 23.1 Å². The Hall–Kier alpha value is -1.34. The minimum absolute atomic E-state index is 0.0240. The number of rotatable bonds is 6. The van der Waals surface area contributed by atoms with Gasteiger partial charge in [0, 0.05) is 28.9 Å². The number of carbonyl (C=O) groups is 1. The molecule has 0 aromatic carbocycles. The third kappa shape index (κ3) is 4.10. The number of aryl methyl sites for hydroxylation is 1. The maximum Gasteiger partial charge on any atom is 0.258 e. The zero-order valence-corrected chi connectivity index (χ0v) is 14.9. The van der Waals surface area contributed by atoms with E-state index >= 15 is 0 Å². The summed E-state index contributed by atoms with van der Waals surface area (Å²) in [5.74, 6) is 1.38. The van der Waals surface area contributed by atoms with E-state index in [2.05, 4.69) is 24.1 Å². The van der Waals surface area contributed by atoms with E-state index in [1.54, 1.807) is 10.5 Å². The lowest BCUT2D eigenvalue weighted by atomic mass is 10.1. The van der Waals surface area contributed by atoms with Crippen molar-refractivity contribution < 1.29 is 4.79 Å². The summed E-state index contributed by atoms with van der Waals surface area (Å²) in [6.07, 6.45) is 0. The number of aromatic nitrogens is 2. The number of nitrogens with one attached hydrogen (secondary N) is 1. The fourth-order valence-electron chi connectivity index (χ4n) is 1.89. The molecule has 7 heteroatoms. The molecule has 2 aromatic rings. The van der Waals surface area contributed by atoms with Gasteiger partial charge in [-0.25, -0.2) is 4.98 Å². The Morgan fingerprint density at radius 3 is 2.86 bits per heavy atom. The van der Waals surface area contributed by atoms with Gasteiger partial charge in [0.25, 0.3) is 5.56 Å². The van der Waals surface area contributed by atoms with Crippen molar-refractivity contribution in [2.45, 2.75) is 39.5 Å². The first kappa shape index (κ1) is 17.0. The number of fused-ring (bicyclic) bond motifs is 1. The highest BCUT2D eigenvalue weighted by Gasteiger charge is 2.11. The number of thiazole rings is 1. The van der Waals surface area contributed by atoms with Crippen molar-refractivity contribution in [3.63, 3.8) is 0 Å². The van der Waals surface area contributed by atoms with Crippen LogP contribution in [0.1, 0.15) is 32.2 Å². The third-order valence-electron chi connectivity index (χ3n) is 3.50. The Labute approximate surface area is 138 Å². The average Bonchev–Trinajstić information content (AvgIpc) is 2.80. The van der Waals surface area contributed by atoms with Crippen molar-refractivity contribution in [1.29, 1.82) is 0 Å². The quantitative estimate of drug-likeness (QED) is 0.878. The van der Waals surface area contributed by atoms with Crippen molar-refractivity contribution in [1.82, 2.24) is 14.7 Å². The molecule has 0 radical (unpaired) electrons. The number of amides is 1. The van der Waals surface area contributed by atoms with Gasteiger partial charge in [-0.3, -0.25) is 14.0 Å². The predicted molar refractivity (Wildman–Crippen MR) is 92.7 cm³/mol. The van der Waals surface area contributed by atoms with Gasteiger partial charge in [0.05, 0.1) is 11.4 Å². The Bertz CT molecular complexity index is 721. The summed E-state index contributed by atoms with van der Waals surface area (Å²) in [4.78, 5) is 29.0. The first-order valence-corrected chi connectivity index (χ1v) is 9.26. The summed E-state index contributed by atoms with van der Waals surface area (Å²) in [5, 5.41) is 4.88. The maximum atomic E-state index is 12.0. The molecular formula is C15H21N3O2S2. The molecule has 120 valence electrons. The second-order valence-corrected chi connectivity index (χ2v) is 7.50. The van der Waals surface area contributed by atoms with E-state index in [9.17, 15) is 9.59 Å². The lowest BCUT2D eigenvalue weighted by Gasteiger charge is -2.17. The van der Waals surface area contributed by atoms with Gasteiger partial charge in [0.15, 0.2) is 4.96 Å². The zero-order valence-electron chi connectivity index (χ0n) is 13.3. The Morgan fingerprint density at radius 2 is 2.18 bits per heavy atom. The van der Waals surface area contributed by atoms with Crippen molar-refractivity contribution in [3.05, 3.63) is 33.2 Å². The summed E-state index contributed by atoms with van der Waals surface area (Å²) in [6.45, 7) is 8.05. The molecule has 1 atom stereocenters. The van der Waals surface area contributed by atoms with Gasteiger partial charge in [-0.15, -0.1) is 23.1 Å². The molecular weight excluding hydrogens is 318 g/mol. The summed E-state index contributed by atoms with van der Waals surface area (Å²) in [7, 11) is 0. The second kappa shape index (κ2) is 7.28. The van der Waals surface area contributed by atoms with Crippen LogP contribution in [0.25, 0.3) is 4.96 Å². The zero-order chi connectivity index (χ0) is 16.3. The van der Waals surface area contributed by atoms with Crippen LogP contribution in [-0.2, 0) is 10.5 Å². The molecule has 1 N–H and O–H groups in total. The number of carbonyl (C=O) groups excluding carboxylic acids is 1.